The van der Waals surface area contributed by atoms with E-state index < -0.39 is 27.4 Å². The molecule has 8 heteroatoms. The summed E-state index contributed by atoms with van der Waals surface area (Å²) in [6.45, 7) is 4.72. The molecule has 3 heterocycles. The number of fused-ring (bicyclic) bond motifs is 2. The van der Waals surface area contributed by atoms with Crippen molar-refractivity contribution in [1.29, 1.82) is 0 Å². The van der Waals surface area contributed by atoms with Crippen LogP contribution in [0.2, 0.25) is 0 Å². The number of hydrogen-bond acceptors (Lipinski definition) is 6. The van der Waals surface area contributed by atoms with Crippen molar-refractivity contribution >= 4 is 46.0 Å². The molecule has 2 unspecified atom stereocenters. The van der Waals surface area contributed by atoms with Crippen molar-refractivity contribution in [2.75, 3.05) is 25.1 Å². The van der Waals surface area contributed by atoms with E-state index in [1.54, 1.807) is 23.6 Å². The molecule has 5 rings (SSSR count). The lowest BCUT2D eigenvalue weighted by molar-refractivity contribution is -0.155. The van der Waals surface area contributed by atoms with Gasteiger partial charge in [-0.2, -0.15) is 0 Å². The molecule has 0 radical (unpaired) electrons. The highest BCUT2D eigenvalue weighted by Crippen LogP contribution is 2.71. The highest BCUT2D eigenvalue weighted by atomic mass is 32.2. The Morgan fingerprint density at radius 2 is 1.86 bits per heavy atom. The largest absolute Gasteiger partial charge is 0.466 e. The summed E-state index contributed by atoms with van der Waals surface area (Å²) in [6.07, 6.45) is 4.71. The number of esters is 1. The number of aliphatic hydroxyl groups is 1. The molecule has 2 bridgehead atoms. The molecule has 1 spiro atoms. The van der Waals surface area contributed by atoms with Crippen molar-refractivity contribution in [3.05, 3.63) is 42.5 Å². The van der Waals surface area contributed by atoms with Crippen molar-refractivity contribution < 1.29 is 24.2 Å². The molecular weight excluding hydrogens is 488 g/mol. The number of anilines is 1. The van der Waals surface area contributed by atoms with Gasteiger partial charge in [-0.25, -0.2) is 0 Å². The molecule has 2 N–H and O–H groups in total. The molecule has 0 aromatic heterocycles. The van der Waals surface area contributed by atoms with Crippen molar-refractivity contribution in [2.45, 2.75) is 67.9 Å². The number of nitrogens with one attached hydrogen (secondary N) is 1. The first kappa shape index (κ1) is 26.0. The zero-order chi connectivity index (χ0) is 26.2. The van der Waals surface area contributed by atoms with E-state index in [-0.39, 0.29) is 31.0 Å². The molecule has 2 aromatic carbocycles. The maximum atomic E-state index is 14.0. The molecule has 3 aliphatic rings. The molecule has 0 saturated carbocycles. The summed E-state index contributed by atoms with van der Waals surface area (Å²) in [5.41, 5.74) is 0.699. The van der Waals surface area contributed by atoms with E-state index in [1.165, 1.54) is 0 Å². The van der Waals surface area contributed by atoms with Crippen LogP contribution in [0.4, 0.5) is 5.69 Å². The molecule has 3 fully saturated rings. The van der Waals surface area contributed by atoms with E-state index in [4.69, 9.17) is 9.84 Å². The van der Waals surface area contributed by atoms with E-state index in [2.05, 4.69) is 12.2 Å². The van der Waals surface area contributed by atoms with Gasteiger partial charge in [0.15, 0.2) is 0 Å². The third-order valence-electron chi connectivity index (χ3n) is 8.39. The predicted molar refractivity (Wildman–Crippen MR) is 145 cm³/mol. The van der Waals surface area contributed by atoms with E-state index in [9.17, 15) is 14.4 Å². The quantitative estimate of drug-likeness (QED) is 0.354. The number of rotatable bonds is 10. The van der Waals surface area contributed by atoms with Gasteiger partial charge in [0.1, 0.15) is 6.04 Å². The second-order valence-electron chi connectivity index (χ2n) is 10.7. The van der Waals surface area contributed by atoms with Crippen LogP contribution >= 0.6 is 11.8 Å². The van der Waals surface area contributed by atoms with Crippen LogP contribution < -0.4 is 5.32 Å². The van der Waals surface area contributed by atoms with E-state index in [1.807, 2.05) is 42.5 Å². The van der Waals surface area contributed by atoms with Crippen LogP contribution in [-0.4, -0.2) is 63.1 Å². The number of nitrogens with zero attached hydrogens (tertiary/aromatic N) is 1. The lowest BCUT2D eigenvalue weighted by atomic mass is 9.66. The Labute approximate surface area is 222 Å². The Hall–Kier alpha value is -2.58. The molecule has 0 aliphatic carbocycles. The van der Waals surface area contributed by atoms with Gasteiger partial charge >= 0.3 is 5.97 Å². The molecule has 37 heavy (non-hydrogen) atoms. The third kappa shape index (κ3) is 4.42. The van der Waals surface area contributed by atoms with Gasteiger partial charge in [0.05, 0.1) is 23.2 Å². The predicted octanol–water partition coefficient (Wildman–Crippen LogP) is 4.38. The second-order valence-corrected chi connectivity index (χ2v) is 12.6. The summed E-state index contributed by atoms with van der Waals surface area (Å²) in [5.74, 6) is -1.72. The number of hydrogen-bond donors (Lipinski definition) is 2. The molecule has 5 atom stereocenters. The molecule has 2 amide bonds. The van der Waals surface area contributed by atoms with Crippen LogP contribution in [-0.2, 0) is 19.1 Å². The van der Waals surface area contributed by atoms with Gasteiger partial charge in [-0.15, -0.1) is 11.8 Å². The fourth-order valence-corrected chi connectivity index (χ4v) is 9.13. The van der Waals surface area contributed by atoms with E-state index >= 15 is 0 Å². The summed E-state index contributed by atoms with van der Waals surface area (Å²) in [5, 5.41) is 14.3. The lowest BCUT2D eigenvalue weighted by Gasteiger charge is -2.34. The topological polar surface area (TPSA) is 95.9 Å². The maximum Gasteiger partial charge on any atom is 0.311 e. The minimum Gasteiger partial charge on any atom is -0.466 e. The van der Waals surface area contributed by atoms with Crippen LogP contribution in [0.1, 0.15) is 52.4 Å². The Morgan fingerprint density at radius 3 is 2.62 bits per heavy atom. The zero-order valence-electron chi connectivity index (χ0n) is 21.6. The smallest absolute Gasteiger partial charge is 0.311 e. The minimum absolute atomic E-state index is 0.102. The van der Waals surface area contributed by atoms with Gasteiger partial charge in [0, 0.05) is 23.6 Å². The number of amides is 2. The summed E-state index contributed by atoms with van der Waals surface area (Å²) < 4.78 is 4.38. The van der Waals surface area contributed by atoms with E-state index in [0.717, 1.165) is 49.3 Å². The normalized spacial score (nSPS) is 30.1. The van der Waals surface area contributed by atoms with Crippen molar-refractivity contribution in [3.63, 3.8) is 0 Å². The number of likely N-dealkylation sites (tertiary alicyclic amines) is 1. The van der Waals surface area contributed by atoms with E-state index in [0.29, 0.717) is 12.2 Å². The maximum absolute atomic E-state index is 14.0. The number of aliphatic hydroxyl groups excluding tert-OH is 1. The van der Waals surface area contributed by atoms with Crippen LogP contribution in [0.5, 0.6) is 0 Å². The van der Waals surface area contributed by atoms with Gasteiger partial charge in [-0.1, -0.05) is 43.2 Å². The fourth-order valence-electron chi connectivity index (χ4n) is 6.78. The zero-order valence-corrected chi connectivity index (χ0v) is 22.4. The SMILES string of the molecule is CCOC(=O)[C@@H]1[C@H]2C(=O)N(CCCCCCO)C(C(=O)Nc3ccc4ccccc4c3)C23CC[C@@]1(C)S3. The van der Waals surface area contributed by atoms with Gasteiger partial charge in [-0.05, 0) is 62.4 Å². The lowest BCUT2D eigenvalue weighted by Crippen LogP contribution is -2.51. The molecule has 198 valence electrons. The summed E-state index contributed by atoms with van der Waals surface area (Å²) in [6, 6.07) is 13.2. The summed E-state index contributed by atoms with van der Waals surface area (Å²) in [7, 11) is 0. The first-order valence-corrected chi connectivity index (χ1v) is 14.2. The van der Waals surface area contributed by atoms with Gasteiger partial charge in [0.25, 0.3) is 0 Å². The molecule has 7 nitrogen and oxygen atoms in total. The Kier molecular flexibility index (Phi) is 7.24. The fraction of sp³-hybridized carbons (Fsp3) is 0.552. The number of unbranched alkanes of at least 4 members (excludes halogenated alkanes) is 3. The van der Waals surface area contributed by atoms with Crippen LogP contribution in [0, 0.1) is 11.8 Å². The molecular formula is C29H36N2O5S. The van der Waals surface area contributed by atoms with Crippen molar-refractivity contribution in [3.8, 4) is 0 Å². The number of thioether (sulfide) groups is 1. The van der Waals surface area contributed by atoms with Gasteiger partial charge < -0.3 is 20.1 Å². The highest BCUT2D eigenvalue weighted by Gasteiger charge is 2.77. The summed E-state index contributed by atoms with van der Waals surface area (Å²) >= 11 is 1.66. The third-order valence-corrected chi connectivity index (χ3v) is 10.4. The van der Waals surface area contributed by atoms with Crippen LogP contribution in [0.3, 0.4) is 0 Å². The van der Waals surface area contributed by atoms with Crippen LogP contribution in [0.25, 0.3) is 10.8 Å². The Morgan fingerprint density at radius 1 is 1.11 bits per heavy atom. The second kappa shape index (κ2) is 10.3. The first-order chi connectivity index (χ1) is 17.8. The van der Waals surface area contributed by atoms with Crippen LogP contribution in [0.15, 0.2) is 42.5 Å². The molecule has 3 aliphatic heterocycles. The average Bonchev–Trinajstić information content (AvgIpc) is 3.44. The average molecular weight is 525 g/mol. The Bertz CT molecular complexity index is 1200. The van der Waals surface area contributed by atoms with Gasteiger partial charge in [-0.3, -0.25) is 14.4 Å². The highest BCUT2D eigenvalue weighted by molar-refractivity contribution is 8.02. The van der Waals surface area contributed by atoms with Gasteiger partial charge in [0.2, 0.25) is 11.8 Å². The number of benzene rings is 2. The molecule has 2 aromatic rings. The monoisotopic (exact) mass is 524 g/mol. The summed E-state index contributed by atoms with van der Waals surface area (Å²) in [4.78, 5) is 42.9. The molecule has 3 saturated heterocycles. The minimum atomic E-state index is -0.652. The number of ether oxygens (including phenoxy) is 1. The number of carbonyl (C=O) groups excluding carboxylic acids is 3. The Balaban J connectivity index is 1.46. The first-order valence-electron chi connectivity index (χ1n) is 13.4. The standard InChI is InChI=1S/C29H36N2O5S/c1-3-36-27(35)23-22-26(34)31(16-8-4-5-9-17-32)24(29(22)15-14-28(23,2)37-29)25(33)30-21-13-12-19-10-6-7-11-20(19)18-21/h6-7,10-13,18,22-24,32H,3-5,8-9,14-17H2,1-2H3,(H,30,33)/t22-,23-,24?,28+,29?/m0/s1. The number of carbonyl (C=O) groups is 3. The van der Waals surface area contributed by atoms with Crippen molar-refractivity contribution in [1.82, 2.24) is 4.90 Å². The van der Waals surface area contributed by atoms with Crippen molar-refractivity contribution in [2.24, 2.45) is 11.8 Å².